The molecule has 6 nitrogen and oxygen atoms in total. The summed E-state index contributed by atoms with van der Waals surface area (Å²) in [6.07, 6.45) is -3.04. The number of hydrogen-bond donors (Lipinski definition) is 1. The molecule has 1 aromatic carbocycles. The van der Waals surface area contributed by atoms with Crippen molar-refractivity contribution >= 4 is 31.4 Å². The maximum absolute atomic E-state index is 14.3. The van der Waals surface area contributed by atoms with Gasteiger partial charge in [0.1, 0.15) is 5.75 Å². The molecule has 3 aromatic rings. The average molecular weight is 516 g/mol. The van der Waals surface area contributed by atoms with E-state index >= 15 is 0 Å². The Morgan fingerprint density at radius 3 is 2.56 bits per heavy atom. The van der Waals surface area contributed by atoms with Gasteiger partial charge in [-0.15, -0.1) is 11.3 Å². The molecule has 1 aliphatic heterocycles. The van der Waals surface area contributed by atoms with Gasteiger partial charge in [0.25, 0.3) is 0 Å². The number of ether oxygens (including phenoxy) is 1. The first-order valence-corrected chi connectivity index (χ1v) is 13.3. The van der Waals surface area contributed by atoms with E-state index in [2.05, 4.69) is 0 Å². The number of nitrogens with zero attached hydrogens (tertiary/aromatic N) is 1. The molecule has 2 aromatic heterocycles. The van der Waals surface area contributed by atoms with Crippen LogP contribution >= 0.6 is 11.3 Å². The van der Waals surface area contributed by atoms with Gasteiger partial charge in [0.2, 0.25) is 0 Å². The van der Waals surface area contributed by atoms with Crippen LogP contribution in [0.25, 0.3) is 10.2 Å². The molecular weight excluding hydrogens is 491 g/mol. The van der Waals surface area contributed by atoms with Gasteiger partial charge in [-0.2, -0.15) is 13.2 Å². The SMILES string of the molecule is CC(C)(CC(O)(Cn1ccc(=O)c2sccc21)C(F)(F)F)c1cc(S(C)(=O)=O)cc2c1OCC2. The van der Waals surface area contributed by atoms with E-state index in [1.54, 1.807) is 11.4 Å². The summed E-state index contributed by atoms with van der Waals surface area (Å²) in [7, 11) is -3.62. The Balaban J connectivity index is 1.80. The highest BCUT2D eigenvalue weighted by molar-refractivity contribution is 7.90. The minimum atomic E-state index is -5.01. The zero-order valence-corrected chi connectivity index (χ0v) is 20.4. The van der Waals surface area contributed by atoms with Crippen LogP contribution in [0.5, 0.6) is 5.75 Å². The lowest BCUT2D eigenvalue weighted by Gasteiger charge is -2.39. The quantitative estimate of drug-likeness (QED) is 0.535. The molecule has 0 saturated heterocycles. The van der Waals surface area contributed by atoms with Gasteiger partial charge in [-0.05, 0) is 41.0 Å². The molecule has 0 radical (unpaired) electrons. The Hall–Kier alpha value is -2.37. The third-order valence-corrected chi connectivity index (χ3v) is 8.20. The molecule has 1 aliphatic rings. The summed E-state index contributed by atoms with van der Waals surface area (Å²) in [6, 6.07) is 5.55. The van der Waals surface area contributed by atoms with Crippen LogP contribution in [0.2, 0.25) is 0 Å². The van der Waals surface area contributed by atoms with Crippen LogP contribution in [-0.4, -0.2) is 42.7 Å². The Morgan fingerprint density at radius 2 is 1.91 bits per heavy atom. The van der Waals surface area contributed by atoms with Crippen molar-refractivity contribution in [2.24, 2.45) is 0 Å². The van der Waals surface area contributed by atoms with Crippen LogP contribution in [0, 0.1) is 0 Å². The number of benzene rings is 1. The monoisotopic (exact) mass is 515 g/mol. The lowest BCUT2D eigenvalue weighted by Crippen LogP contribution is -2.52. The molecule has 0 saturated carbocycles. The van der Waals surface area contributed by atoms with E-state index in [4.69, 9.17) is 4.74 Å². The van der Waals surface area contributed by atoms with E-state index in [1.165, 1.54) is 42.8 Å². The standard InChI is InChI=1S/C23H24F3NO5S2/c1-21(2,16-11-15(34(3,30)31)10-14-5-8-32-19(14)16)12-22(29,23(24,25)26)13-27-7-4-18(28)20-17(27)6-9-33-20/h4,6-7,9-11,29H,5,8,12-13H2,1-3H3. The minimum absolute atomic E-state index is 0.00392. The summed E-state index contributed by atoms with van der Waals surface area (Å²) < 4.78 is 74.7. The Morgan fingerprint density at radius 1 is 1.21 bits per heavy atom. The highest BCUT2D eigenvalue weighted by Gasteiger charge is 2.56. The minimum Gasteiger partial charge on any atom is -0.493 e. The normalized spacial score (nSPS) is 16.3. The van der Waals surface area contributed by atoms with Crippen molar-refractivity contribution < 1.29 is 31.4 Å². The number of fused-ring (bicyclic) bond motifs is 2. The highest BCUT2D eigenvalue weighted by Crippen LogP contribution is 2.47. The van der Waals surface area contributed by atoms with E-state index in [0.29, 0.717) is 40.1 Å². The number of aromatic nitrogens is 1. The van der Waals surface area contributed by atoms with Crippen LogP contribution in [0.1, 0.15) is 31.4 Å². The first kappa shape index (κ1) is 24.7. The molecule has 0 bridgehead atoms. The van der Waals surface area contributed by atoms with Crippen LogP contribution in [0.3, 0.4) is 0 Å². The first-order chi connectivity index (χ1) is 15.6. The van der Waals surface area contributed by atoms with Gasteiger partial charge in [0.05, 0.1) is 28.3 Å². The smallest absolute Gasteiger partial charge is 0.418 e. The predicted octanol–water partition coefficient (Wildman–Crippen LogP) is 4.06. The first-order valence-electron chi connectivity index (χ1n) is 10.5. The Bertz CT molecular complexity index is 1420. The van der Waals surface area contributed by atoms with Crippen molar-refractivity contribution in [2.45, 2.75) is 55.3 Å². The van der Waals surface area contributed by atoms with Crippen LogP contribution in [0.15, 0.2) is 45.5 Å². The second kappa shape index (κ2) is 8.10. The topological polar surface area (TPSA) is 85.6 Å². The summed E-state index contributed by atoms with van der Waals surface area (Å²) in [5, 5.41) is 12.7. The summed E-state index contributed by atoms with van der Waals surface area (Å²) in [5.74, 6) is 0.366. The largest absolute Gasteiger partial charge is 0.493 e. The number of halogens is 3. The van der Waals surface area contributed by atoms with Gasteiger partial charge >= 0.3 is 6.18 Å². The molecule has 0 fully saturated rings. The molecule has 0 aliphatic carbocycles. The molecule has 1 unspecified atom stereocenters. The van der Waals surface area contributed by atoms with Gasteiger partial charge < -0.3 is 14.4 Å². The van der Waals surface area contributed by atoms with Crippen molar-refractivity contribution in [2.75, 3.05) is 12.9 Å². The molecule has 11 heteroatoms. The molecular formula is C23H24F3NO5S2. The third kappa shape index (κ3) is 4.36. The maximum Gasteiger partial charge on any atom is 0.418 e. The fourth-order valence-electron chi connectivity index (χ4n) is 4.51. The van der Waals surface area contributed by atoms with Crippen molar-refractivity contribution in [3.63, 3.8) is 0 Å². The molecule has 1 N–H and O–H groups in total. The summed E-state index contributed by atoms with van der Waals surface area (Å²) in [5.41, 5.74) is -3.57. The molecule has 0 amide bonds. The third-order valence-electron chi connectivity index (χ3n) is 6.19. The van der Waals surface area contributed by atoms with Crippen molar-refractivity contribution in [1.29, 1.82) is 0 Å². The highest BCUT2D eigenvalue weighted by atomic mass is 32.2. The van der Waals surface area contributed by atoms with Crippen LogP contribution in [0.4, 0.5) is 13.2 Å². The fourth-order valence-corrected chi connectivity index (χ4v) is 6.03. The lowest BCUT2D eigenvalue weighted by atomic mass is 9.74. The van der Waals surface area contributed by atoms with E-state index in [1.807, 2.05) is 0 Å². The molecule has 184 valence electrons. The summed E-state index contributed by atoms with van der Waals surface area (Å²) in [4.78, 5) is 12.0. The number of pyridine rings is 1. The molecule has 0 spiro atoms. The van der Waals surface area contributed by atoms with Crippen molar-refractivity contribution in [3.8, 4) is 5.75 Å². The lowest BCUT2D eigenvalue weighted by molar-refractivity contribution is -0.271. The van der Waals surface area contributed by atoms with E-state index in [0.717, 1.165) is 17.6 Å². The second-order valence-corrected chi connectivity index (χ2v) is 12.3. The zero-order valence-electron chi connectivity index (χ0n) is 18.8. The number of aliphatic hydroxyl groups is 1. The fraction of sp³-hybridized carbons (Fsp3) is 0.435. The van der Waals surface area contributed by atoms with Gasteiger partial charge in [-0.25, -0.2) is 8.42 Å². The van der Waals surface area contributed by atoms with Gasteiger partial charge in [-0.1, -0.05) is 13.8 Å². The van der Waals surface area contributed by atoms with E-state index in [-0.39, 0.29) is 10.3 Å². The predicted molar refractivity (Wildman–Crippen MR) is 123 cm³/mol. The summed E-state index contributed by atoms with van der Waals surface area (Å²) >= 11 is 1.12. The molecule has 1 atom stereocenters. The molecule has 4 rings (SSSR count). The number of thiophene rings is 1. The number of rotatable bonds is 6. The molecule has 34 heavy (non-hydrogen) atoms. The van der Waals surface area contributed by atoms with Gasteiger partial charge in [0.15, 0.2) is 20.9 Å². The number of sulfone groups is 1. The van der Waals surface area contributed by atoms with Gasteiger partial charge in [-0.3, -0.25) is 4.79 Å². The number of hydrogen-bond acceptors (Lipinski definition) is 6. The Kier molecular flexibility index (Phi) is 5.89. The van der Waals surface area contributed by atoms with Crippen LogP contribution < -0.4 is 10.2 Å². The molecule has 3 heterocycles. The van der Waals surface area contributed by atoms with Gasteiger partial charge in [0, 0.05) is 30.5 Å². The van der Waals surface area contributed by atoms with Crippen molar-refractivity contribution in [3.05, 3.63) is 57.2 Å². The van der Waals surface area contributed by atoms with Crippen LogP contribution in [-0.2, 0) is 28.2 Å². The summed E-state index contributed by atoms with van der Waals surface area (Å²) in [6.45, 7) is 2.52. The van der Waals surface area contributed by atoms with E-state index in [9.17, 15) is 31.5 Å². The number of alkyl halides is 3. The second-order valence-electron chi connectivity index (χ2n) is 9.36. The van der Waals surface area contributed by atoms with Crippen molar-refractivity contribution in [1.82, 2.24) is 4.57 Å². The maximum atomic E-state index is 14.3. The average Bonchev–Trinajstić information content (AvgIpc) is 3.37. The van der Waals surface area contributed by atoms with E-state index < -0.39 is 40.0 Å². The Labute approximate surface area is 198 Å². The zero-order chi connectivity index (χ0) is 25.1.